The van der Waals surface area contributed by atoms with Gasteiger partial charge in [-0.15, -0.1) is 0 Å². The molecule has 0 saturated heterocycles. The first-order valence-corrected chi connectivity index (χ1v) is 4.78. The van der Waals surface area contributed by atoms with E-state index >= 15 is 0 Å². The van der Waals surface area contributed by atoms with Gasteiger partial charge in [0.2, 0.25) is 5.82 Å². The highest BCUT2D eigenvalue weighted by molar-refractivity contribution is 5.36. The number of unbranched alkanes of at least 4 members (excludes halogenated alkanes) is 1. The van der Waals surface area contributed by atoms with Crippen molar-refractivity contribution in [3.8, 4) is 0 Å². The Morgan fingerprint density at radius 2 is 2.13 bits per heavy atom. The average molecular weight is 212 g/mol. The van der Waals surface area contributed by atoms with E-state index in [0.29, 0.717) is 18.5 Å². The highest BCUT2D eigenvalue weighted by Gasteiger charge is 2.16. The quantitative estimate of drug-likeness (QED) is 0.461. The van der Waals surface area contributed by atoms with Crippen LogP contribution < -0.4 is 5.73 Å². The van der Waals surface area contributed by atoms with Gasteiger partial charge >= 0.3 is 5.69 Å². The smallest absolute Gasteiger partial charge is 0.305 e. The van der Waals surface area contributed by atoms with Crippen LogP contribution in [0.15, 0.2) is 18.2 Å². The van der Waals surface area contributed by atoms with Crippen molar-refractivity contribution in [2.75, 3.05) is 6.54 Å². The summed E-state index contributed by atoms with van der Waals surface area (Å²) in [6.07, 6.45) is 2.03. The highest BCUT2D eigenvalue weighted by atomic mass is 19.1. The summed E-state index contributed by atoms with van der Waals surface area (Å²) in [5.74, 6) is -0.723. The molecule has 1 aromatic carbocycles. The zero-order valence-corrected chi connectivity index (χ0v) is 8.28. The minimum atomic E-state index is -0.723. The van der Waals surface area contributed by atoms with Crippen molar-refractivity contribution in [1.29, 1.82) is 0 Å². The van der Waals surface area contributed by atoms with Crippen LogP contribution in [-0.2, 0) is 6.42 Å². The highest BCUT2D eigenvalue weighted by Crippen LogP contribution is 2.21. The molecule has 0 saturated carbocycles. The second-order valence-electron chi connectivity index (χ2n) is 3.25. The first-order chi connectivity index (χ1) is 7.16. The van der Waals surface area contributed by atoms with Gasteiger partial charge in [0.25, 0.3) is 0 Å². The van der Waals surface area contributed by atoms with Crippen LogP contribution in [0.1, 0.15) is 18.4 Å². The van der Waals surface area contributed by atoms with Gasteiger partial charge in [0.1, 0.15) is 0 Å². The van der Waals surface area contributed by atoms with E-state index in [-0.39, 0.29) is 0 Å². The molecule has 0 aliphatic carbocycles. The van der Waals surface area contributed by atoms with Crippen molar-refractivity contribution >= 4 is 5.69 Å². The summed E-state index contributed by atoms with van der Waals surface area (Å²) in [6.45, 7) is 0.552. The number of aryl methyl sites for hydroxylation is 1. The average Bonchev–Trinajstić information content (AvgIpc) is 2.20. The molecule has 2 N–H and O–H groups in total. The third-order valence-electron chi connectivity index (χ3n) is 2.16. The molecule has 15 heavy (non-hydrogen) atoms. The number of nitrogens with zero attached hydrogens (tertiary/aromatic N) is 1. The van der Waals surface area contributed by atoms with Gasteiger partial charge < -0.3 is 5.73 Å². The topological polar surface area (TPSA) is 69.2 Å². The molecule has 0 radical (unpaired) electrons. The van der Waals surface area contributed by atoms with Crippen LogP contribution in [0.2, 0.25) is 0 Å². The molecule has 0 bridgehead atoms. The van der Waals surface area contributed by atoms with Crippen LogP contribution in [0.4, 0.5) is 10.1 Å². The Bertz CT molecular complexity index is 355. The molecule has 1 aromatic rings. The SMILES string of the molecule is NCCCCc1cccc([N+](=O)[O-])c1F. The summed E-state index contributed by atoms with van der Waals surface area (Å²) < 4.78 is 13.5. The van der Waals surface area contributed by atoms with Gasteiger partial charge in [0, 0.05) is 6.07 Å². The van der Waals surface area contributed by atoms with E-state index in [9.17, 15) is 14.5 Å². The van der Waals surface area contributed by atoms with Crippen molar-refractivity contribution in [2.45, 2.75) is 19.3 Å². The molecule has 0 spiro atoms. The van der Waals surface area contributed by atoms with E-state index < -0.39 is 16.4 Å². The molecule has 0 amide bonds. The number of hydrogen-bond acceptors (Lipinski definition) is 3. The van der Waals surface area contributed by atoms with Crippen LogP contribution in [-0.4, -0.2) is 11.5 Å². The van der Waals surface area contributed by atoms with Crippen molar-refractivity contribution in [2.24, 2.45) is 5.73 Å². The lowest BCUT2D eigenvalue weighted by atomic mass is 10.1. The van der Waals surface area contributed by atoms with Crippen molar-refractivity contribution in [3.63, 3.8) is 0 Å². The summed E-state index contributed by atoms with van der Waals surface area (Å²) >= 11 is 0. The fourth-order valence-corrected chi connectivity index (χ4v) is 1.36. The van der Waals surface area contributed by atoms with Gasteiger partial charge in [-0.1, -0.05) is 12.1 Å². The Labute approximate surface area is 87.0 Å². The van der Waals surface area contributed by atoms with Gasteiger partial charge in [-0.05, 0) is 31.4 Å². The van der Waals surface area contributed by atoms with E-state index in [1.807, 2.05) is 0 Å². The molecule has 0 fully saturated rings. The number of nitro benzene ring substituents is 1. The number of nitro groups is 1. The zero-order chi connectivity index (χ0) is 11.3. The largest absolute Gasteiger partial charge is 0.330 e. The third kappa shape index (κ3) is 2.99. The Morgan fingerprint density at radius 3 is 2.73 bits per heavy atom. The van der Waals surface area contributed by atoms with E-state index in [1.54, 1.807) is 6.07 Å². The lowest BCUT2D eigenvalue weighted by Gasteiger charge is -2.02. The predicted octanol–water partition coefficient (Wildman–Crippen LogP) is 2.02. The van der Waals surface area contributed by atoms with Crippen LogP contribution in [0.5, 0.6) is 0 Å². The first kappa shape index (κ1) is 11.6. The second kappa shape index (κ2) is 5.41. The Hall–Kier alpha value is -1.49. The Kier molecular flexibility index (Phi) is 4.17. The molecule has 4 nitrogen and oxygen atoms in total. The van der Waals surface area contributed by atoms with Gasteiger partial charge in [0.05, 0.1) is 4.92 Å². The lowest BCUT2D eigenvalue weighted by Crippen LogP contribution is -2.01. The van der Waals surface area contributed by atoms with Crippen molar-refractivity contribution in [3.05, 3.63) is 39.7 Å². The standard InChI is InChI=1S/C10H13FN2O2/c11-10-8(4-1-2-7-12)5-3-6-9(10)13(14)15/h3,5-6H,1-2,4,7,12H2. The molecule has 5 heteroatoms. The monoisotopic (exact) mass is 212 g/mol. The predicted molar refractivity (Wildman–Crippen MR) is 55.0 cm³/mol. The van der Waals surface area contributed by atoms with Gasteiger partial charge in [-0.2, -0.15) is 4.39 Å². The van der Waals surface area contributed by atoms with E-state index in [1.165, 1.54) is 12.1 Å². The molecule has 0 atom stereocenters. The summed E-state index contributed by atoms with van der Waals surface area (Å²) in [6, 6.07) is 4.24. The van der Waals surface area contributed by atoms with Crippen LogP contribution in [0, 0.1) is 15.9 Å². The Morgan fingerprint density at radius 1 is 1.40 bits per heavy atom. The molecule has 82 valence electrons. The molecule has 0 aromatic heterocycles. The number of halogens is 1. The van der Waals surface area contributed by atoms with Crippen LogP contribution >= 0.6 is 0 Å². The zero-order valence-electron chi connectivity index (χ0n) is 8.28. The van der Waals surface area contributed by atoms with E-state index in [2.05, 4.69) is 0 Å². The number of nitrogens with two attached hydrogens (primary N) is 1. The molecule has 1 rings (SSSR count). The fourth-order valence-electron chi connectivity index (χ4n) is 1.36. The summed E-state index contributed by atoms with van der Waals surface area (Å²) in [5.41, 5.74) is 5.24. The maximum absolute atomic E-state index is 13.5. The fraction of sp³-hybridized carbons (Fsp3) is 0.400. The van der Waals surface area contributed by atoms with Crippen molar-refractivity contribution < 1.29 is 9.31 Å². The van der Waals surface area contributed by atoms with Gasteiger partial charge in [-0.3, -0.25) is 10.1 Å². The molecular formula is C10H13FN2O2. The van der Waals surface area contributed by atoms with E-state index in [0.717, 1.165) is 12.8 Å². The summed E-state index contributed by atoms with van der Waals surface area (Å²) in [7, 11) is 0. The number of hydrogen-bond donors (Lipinski definition) is 1. The molecule has 0 aliphatic heterocycles. The van der Waals surface area contributed by atoms with Gasteiger partial charge in [0.15, 0.2) is 0 Å². The number of rotatable bonds is 5. The molecule has 0 aliphatic rings. The summed E-state index contributed by atoms with van der Waals surface area (Å²) in [5, 5.41) is 10.4. The second-order valence-corrected chi connectivity index (χ2v) is 3.25. The molecular weight excluding hydrogens is 199 g/mol. The third-order valence-corrected chi connectivity index (χ3v) is 2.16. The van der Waals surface area contributed by atoms with Crippen LogP contribution in [0.3, 0.4) is 0 Å². The summed E-state index contributed by atoms with van der Waals surface area (Å²) in [4.78, 5) is 9.74. The minimum absolute atomic E-state index is 0.387. The van der Waals surface area contributed by atoms with E-state index in [4.69, 9.17) is 5.73 Å². The minimum Gasteiger partial charge on any atom is -0.330 e. The maximum Gasteiger partial charge on any atom is 0.305 e. The van der Waals surface area contributed by atoms with Crippen molar-refractivity contribution in [1.82, 2.24) is 0 Å². The molecule has 0 unspecified atom stereocenters. The number of benzene rings is 1. The lowest BCUT2D eigenvalue weighted by molar-refractivity contribution is -0.387. The normalized spacial score (nSPS) is 10.3. The molecule has 0 heterocycles. The first-order valence-electron chi connectivity index (χ1n) is 4.78. The Balaban J connectivity index is 2.80. The van der Waals surface area contributed by atoms with Crippen LogP contribution in [0.25, 0.3) is 0 Å². The maximum atomic E-state index is 13.5. The van der Waals surface area contributed by atoms with Gasteiger partial charge in [-0.25, -0.2) is 0 Å².